The van der Waals surface area contributed by atoms with Gasteiger partial charge < -0.3 is 16.0 Å². The van der Waals surface area contributed by atoms with Gasteiger partial charge in [0, 0.05) is 24.0 Å². The predicted octanol–water partition coefficient (Wildman–Crippen LogP) is 1.49. The Balaban J connectivity index is 1.64. The Bertz CT molecular complexity index is 741. The second-order valence-corrected chi connectivity index (χ2v) is 6.75. The van der Waals surface area contributed by atoms with Gasteiger partial charge in [0.25, 0.3) is 5.91 Å². The van der Waals surface area contributed by atoms with Crippen molar-refractivity contribution in [2.45, 2.75) is 25.8 Å². The molecule has 1 aromatic heterocycles. The number of rotatable bonds is 5. The number of hydrogen-bond donors (Lipinski definition) is 2. The normalized spacial score (nSPS) is 17.3. The summed E-state index contributed by atoms with van der Waals surface area (Å²) in [7, 11) is 0. The van der Waals surface area contributed by atoms with E-state index in [2.05, 4.69) is 10.3 Å². The van der Waals surface area contributed by atoms with Gasteiger partial charge in [-0.1, -0.05) is 17.7 Å². The fourth-order valence-corrected chi connectivity index (χ4v) is 3.47. The van der Waals surface area contributed by atoms with Gasteiger partial charge in [0.05, 0.1) is 5.01 Å². The van der Waals surface area contributed by atoms with E-state index < -0.39 is 6.04 Å². The van der Waals surface area contributed by atoms with Crippen LogP contribution in [0.3, 0.4) is 0 Å². The molecule has 1 aliphatic heterocycles. The molecular formula is C17H20N4O2S. The number of nitrogens with zero attached hydrogens (tertiary/aromatic N) is 2. The number of nitrogens with two attached hydrogens (primary N) is 1. The van der Waals surface area contributed by atoms with Crippen molar-refractivity contribution in [1.82, 2.24) is 10.3 Å². The average Bonchev–Trinajstić information content (AvgIpc) is 3.17. The number of aryl methyl sites for hydroxylation is 1. The first kappa shape index (κ1) is 16.6. The summed E-state index contributed by atoms with van der Waals surface area (Å²) in [4.78, 5) is 30.8. The average molecular weight is 344 g/mol. The summed E-state index contributed by atoms with van der Waals surface area (Å²) in [5, 5.41) is 5.33. The number of anilines is 1. The van der Waals surface area contributed by atoms with Crippen molar-refractivity contribution >= 4 is 28.8 Å². The van der Waals surface area contributed by atoms with Crippen LogP contribution in [0.4, 0.5) is 5.69 Å². The maximum atomic E-state index is 12.5. The Hall–Kier alpha value is -2.25. The van der Waals surface area contributed by atoms with Crippen molar-refractivity contribution in [3.8, 4) is 0 Å². The van der Waals surface area contributed by atoms with E-state index in [0.29, 0.717) is 31.6 Å². The van der Waals surface area contributed by atoms with Gasteiger partial charge in [-0.05, 0) is 32.0 Å². The molecule has 0 spiro atoms. The van der Waals surface area contributed by atoms with E-state index in [4.69, 9.17) is 5.73 Å². The van der Waals surface area contributed by atoms with Gasteiger partial charge in [-0.15, -0.1) is 11.3 Å². The highest BCUT2D eigenvalue weighted by Gasteiger charge is 2.34. The number of carbonyl (C=O) groups is 2. The molecule has 0 aliphatic carbocycles. The number of thiazole rings is 1. The molecule has 126 valence electrons. The largest absolute Gasteiger partial charge is 0.339 e. The molecule has 0 radical (unpaired) electrons. The molecule has 1 aromatic carbocycles. The minimum absolute atomic E-state index is 0.0791. The molecule has 2 aromatic rings. The second kappa shape index (κ2) is 7.11. The summed E-state index contributed by atoms with van der Waals surface area (Å²) in [5.74, 6) is -0.386. The molecule has 2 amide bonds. The number of carbonyl (C=O) groups excluding carboxylic acids is 2. The molecule has 6 nitrogen and oxygen atoms in total. The van der Waals surface area contributed by atoms with Gasteiger partial charge in [-0.3, -0.25) is 9.59 Å². The highest BCUT2D eigenvalue weighted by atomic mass is 32.1. The van der Waals surface area contributed by atoms with Crippen LogP contribution in [-0.4, -0.2) is 35.9 Å². The SMILES string of the molecule is Cc1ccc(N2CCC(NC(=O)c3csc(CCN)n3)C2=O)cc1. The van der Waals surface area contributed by atoms with Crippen LogP contribution in [0.5, 0.6) is 0 Å². The van der Waals surface area contributed by atoms with Crippen molar-refractivity contribution in [3.05, 3.63) is 45.9 Å². The van der Waals surface area contributed by atoms with E-state index in [1.807, 2.05) is 31.2 Å². The first-order valence-corrected chi connectivity index (χ1v) is 8.80. The lowest BCUT2D eigenvalue weighted by atomic mass is 10.2. The summed E-state index contributed by atoms with van der Waals surface area (Å²) in [5.41, 5.74) is 7.85. The van der Waals surface area contributed by atoms with Gasteiger partial charge >= 0.3 is 0 Å². The van der Waals surface area contributed by atoms with Gasteiger partial charge in [0.2, 0.25) is 5.91 Å². The molecule has 1 saturated heterocycles. The molecule has 1 fully saturated rings. The number of hydrogen-bond acceptors (Lipinski definition) is 5. The van der Waals surface area contributed by atoms with Crippen LogP contribution >= 0.6 is 11.3 Å². The van der Waals surface area contributed by atoms with Crippen LogP contribution in [0, 0.1) is 6.92 Å². The van der Waals surface area contributed by atoms with E-state index in [0.717, 1.165) is 16.3 Å². The molecule has 1 unspecified atom stereocenters. The molecule has 1 aliphatic rings. The highest BCUT2D eigenvalue weighted by Crippen LogP contribution is 2.22. The smallest absolute Gasteiger partial charge is 0.271 e. The van der Waals surface area contributed by atoms with Crippen LogP contribution in [0.15, 0.2) is 29.6 Å². The molecule has 0 bridgehead atoms. The molecule has 3 N–H and O–H groups in total. The van der Waals surface area contributed by atoms with E-state index in [1.165, 1.54) is 11.3 Å². The predicted molar refractivity (Wildman–Crippen MR) is 94.3 cm³/mol. The van der Waals surface area contributed by atoms with E-state index in [9.17, 15) is 9.59 Å². The zero-order chi connectivity index (χ0) is 17.1. The van der Waals surface area contributed by atoms with Crippen molar-refractivity contribution in [2.24, 2.45) is 5.73 Å². The van der Waals surface area contributed by atoms with Crippen molar-refractivity contribution in [3.63, 3.8) is 0 Å². The van der Waals surface area contributed by atoms with Crippen molar-refractivity contribution in [1.29, 1.82) is 0 Å². The van der Waals surface area contributed by atoms with E-state index >= 15 is 0 Å². The third kappa shape index (κ3) is 3.47. The molecule has 0 saturated carbocycles. The van der Waals surface area contributed by atoms with Crippen LogP contribution in [0.1, 0.15) is 27.5 Å². The van der Waals surface area contributed by atoms with Crippen LogP contribution < -0.4 is 16.0 Å². The quantitative estimate of drug-likeness (QED) is 0.860. The molecule has 2 heterocycles. The van der Waals surface area contributed by atoms with Gasteiger partial charge in [0.1, 0.15) is 11.7 Å². The highest BCUT2D eigenvalue weighted by molar-refractivity contribution is 7.09. The van der Waals surface area contributed by atoms with Crippen LogP contribution in [0.25, 0.3) is 0 Å². The molecule has 3 rings (SSSR count). The van der Waals surface area contributed by atoms with Crippen LogP contribution in [0.2, 0.25) is 0 Å². The maximum absolute atomic E-state index is 12.5. The molecular weight excluding hydrogens is 324 g/mol. The van der Waals surface area contributed by atoms with E-state index in [1.54, 1.807) is 10.3 Å². The third-order valence-corrected chi connectivity index (χ3v) is 4.91. The first-order chi connectivity index (χ1) is 11.6. The first-order valence-electron chi connectivity index (χ1n) is 7.92. The Morgan fingerprint density at radius 1 is 1.42 bits per heavy atom. The Morgan fingerprint density at radius 2 is 2.17 bits per heavy atom. The third-order valence-electron chi connectivity index (χ3n) is 4.00. The number of aromatic nitrogens is 1. The topological polar surface area (TPSA) is 88.3 Å². The Morgan fingerprint density at radius 3 is 2.88 bits per heavy atom. The monoisotopic (exact) mass is 344 g/mol. The molecule has 24 heavy (non-hydrogen) atoms. The molecule has 7 heteroatoms. The van der Waals surface area contributed by atoms with Crippen molar-refractivity contribution < 1.29 is 9.59 Å². The number of amides is 2. The fourth-order valence-electron chi connectivity index (χ4n) is 2.68. The van der Waals surface area contributed by atoms with Crippen LogP contribution in [-0.2, 0) is 11.2 Å². The zero-order valence-electron chi connectivity index (χ0n) is 13.5. The lowest BCUT2D eigenvalue weighted by Gasteiger charge is -2.17. The summed E-state index contributed by atoms with van der Waals surface area (Å²) >= 11 is 1.41. The summed E-state index contributed by atoms with van der Waals surface area (Å²) in [6.07, 6.45) is 1.25. The van der Waals surface area contributed by atoms with E-state index in [-0.39, 0.29) is 11.8 Å². The maximum Gasteiger partial charge on any atom is 0.271 e. The zero-order valence-corrected chi connectivity index (χ0v) is 14.3. The minimum Gasteiger partial charge on any atom is -0.339 e. The van der Waals surface area contributed by atoms with Gasteiger partial charge in [-0.2, -0.15) is 0 Å². The number of benzene rings is 1. The lowest BCUT2D eigenvalue weighted by Crippen LogP contribution is -2.41. The van der Waals surface area contributed by atoms with Crippen molar-refractivity contribution in [2.75, 3.05) is 18.0 Å². The Labute approximate surface area is 144 Å². The Kier molecular flexibility index (Phi) is 4.92. The minimum atomic E-state index is -0.501. The van der Waals surface area contributed by atoms with Gasteiger partial charge in [0.15, 0.2) is 0 Å². The summed E-state index contributed by atoms with van der Waals surface area (Å²) in [6, 6.07) is 7.30. The standard InChI is InChI=1S/C17H20N4O2S/c1-11-2-4-12(5-3-11)21-9-7-13(17(21)23)20-16(22)14-10-24-15(19-14)6-8-18/h2-5,10,13H,6-9,18H2,1H3,(H,20,22). The number of nitrogens with one attached hydrogen (secondary N) is 1. The summed E-state index contributed by atoms with van der Waals surface area (Å²) < 4.78 is 0. The second-order valence-electron chi connectivity index (χ2n) is 5.81. The van der Waals surface area contributed by atoms with Gasteiger partial charge in [-0.25, -0.2) is 4.98 Å². The fraction of sp³-hybridized carbons (Fsp3) is 0.353. The summed E-state index contributed by atoms with van der Waals surface area (Å²) in [6.45, 7) is 3.11. The lowest BCUT2D eigenvalue weighted by molar-refractivity contribution is -0.118. The molecule has 1 atom stereocenters.